The van der Waals surface area contributed by atoms with E-state index in [2.05, 4.69) is 20.3 Å². The SMILES string of the molecule is Cc1ncsc1-c1ccc([C@]2(C)CC([C@H]3C[C@@H](O)CN3C(=O)[C@H](c3cn(C)nn3)C(C)C)=NC2=O)cc1. The van der Waals surface area contributed by atoms with Crippen LogP contribution in [-0.2, 0) is 22.1 Å². The first-order valence-corrected chi connectivity index (χ1v) is 13.4. The van der Waals surface area contributed by atoms with Crippen LogP contribution in [0.5, 0.6) is 0 Å². The van der Waals surface area contributed by atoms with E-state index in [0.29, 0.717) is 24.2 Å². The summed E-state index contributed by atoms with van der Waals surface area (Å²) < 4.78 is 1.58. The summed E-state index contributed by atoms with van der Waals surface area (Å²) in [7, 11) is 1.77. The van der Waals surface area contributed by atoms with Gasteiger partial charge in [-0.25, -0.2) is 9.98 Å². The van der Waals surface area contributed by atoms with Crippen LogP contribution in [0.15, 0.2) is 41.0 Å². The van der Waals surface area contributed by atoms with E-state index in [9.17, 15) is 14.7 Å². The van der Waals surface area contributed by atoms with Crippen LogP contribution >= 0.6 is 11.3 Å². The van der Waals surface area contributed by atoms with Crippen molar-refractivity contribution in [1.82, 2.24) is 24.9 Å². The van der Waals surface area contributed by atoms with Gasteiger partial charge in [-0.3, -0.25) is 14.3 Å². The minimum Gasteiger partial charge on any atom is -0.391 e. The largest absolute Gasteiger partial charge is 0.391 e. The molecule has 3 aromatic rings. The summed E-state index contributed by atoms with van der Waals surface area (Å²) in [6.45, 7) is 8.05. The highest BCUT2D eigenvalue weighted by molar-refractivity contribution is 7.13. The monoisotopic (exact) mass is 520 g/mol. The number of hydrogen-bond donors (Lipinski definition) is 1. The Balaban J connectivity index is 1.39. The van der Waals surface area contributed by atoms with E-state index in [1.165, 1.54) is 0 Å². The second kappa shape index (κ2) is 9.57. The Bertz CT molecular complexity index is 1360. The third-order valence-electron chi connectivity index (χ3n) is 7.60. The van der Waals surface area contributed by atoms with Crippen molar-refractivity contribution in [2.45, 2.75) is 64.0 Å². The predicted octanol–water partition coefficient (Wildman–Crippen LogP) is 3.28. The molecule has 2 aliphatic heterocycles. The lowest BCUT2D eigenvalue weighted by molar-refractivity contribution is -0.134. The van der Waals surface area contributed by atoms with Gasteiger partial charge in [-0.15, -0.1) is 16.4 Å². The molecular weight excluding hydrogens is 488 g/mol. The van der Waals surface area contributed by atoms with Crippen molar-refractivity contribution < 1.29 is 14.7 Å². The molecule has 0 saturated carbocycles. The highest BCUT2D eigenvalue weighted by Gasteiger charge is 2.48. The Kier molecular flexibility index (Phi) is 6.57. The molecule has 0 unspecified atom stereocenters. The summed E-state index contributed by atoms with van der Waals surface area (Å²) in [6, 6.07) is 7.59. The maximum Gasteiger partial charge on any atom is 0.256 e. The number of aliphatic hydroxyl groups is 1. The van der Waals surface area contributed by atoms with Crippen molar-refractivity contribution >= 4 is 28.9 Å². The number of β-amino-alcohol motifs (C(OH)–C–C–N with tert-alkyl or cyclic N) is 1. The Labute approximate surface area is 220 Å². The summed E-state index contributed by atoms with van der Waals surface area (Å²) in [5.41, 5.74) is 5.21. The standard InChI is InChI=1S/C27H32N6O3S/c1-15(2)23(21-13-32(5)31-30-21)25(35)33-12-19(34)10-22(33)20-11-27(4,26(36)29-20)18-8-6-17(7-9-18)24-16(3)28-14-37-24/h6-9,13-15,19,22-23,34H,10-12H2,1-5H3/t19-,22-,23+,27+/m1/s1. The maximum atomic E-state index is 13.8. The van der Waals surface area contributed by atoms with Gasteiger partial charge in [-0.05, 0) is 30.9 Å². The molecule has 4 heterocycles. The normalized spacial score (nSPS) is 24.7. The fraction of sp³-hybridized carbons (Fsp3) is 0.481. The summed E-state index contributed by atoms with van der Waals surface area (Å²) >= 11 is 1.59. The number of carbonyl (C=O) groups is 2. The number of aliphatic hydroxyl groups excluding tert-OH is 1. The van der Waals surface area contributed by atoms with E-state index in [4.69, 9.17) is 0 Å². The second-order valence-corrected chi connectivity index (χ2v) is 11.6. The molecule has 2 aromatic heterocycles. The van der Waals surface area contributed by atoms with Crippen LogP contribution in [0.3, 0.4) is 0 Å². The molecule has 0 bridgehead atoms. The van der Waals surface area contributed by atoms with Gasteiger partial charge in [0.05, 0.1) is 45.3 Å². The quantitative estimate of drug-likeness (QED) is 0.534. The number of rotatable bonds is 6. The van der Waals surface area contributed by atoms with Gasteiger partial charge in [0.2, 0.25) is 5.91 Å². The number of carbonyl (C=O) groups excluding carboxylic acids is 2. The average Bonchev–Trinajstić information content (AvgIpc) is 3.62. The lowest BCUT2D eigenvalue weighted by Gasteiger charge is -2.30. The van der Waals surface area contributed by atoms with Gasteiger partial charge in [-0.2, -0.15) is 0 Å². The van der Waals surface area contributed by atoms with Crippen LogP contribution in [-0.4, -0.2) is 66.2 Å². The Morgan fingerprint density at radius 3 is 2.57 bits per heavy atom. The second-order valence-electron chi connectivity index (χ2n) is 10.7. The Hall–Kier alpha value is -3.24. The van der Waals surface area contributed by atoms with Gasteiger partial charge in [-0.1, -0.05) is 43.3 Å². The van der Waals surface area contributed by atoms with Crippen molar-refractivity contribution in [3.63, 3.8) is 0 Å². The molecule has 37 heavy (non-hydrogen) atoms. The van der Waals surface area contributed by atoms with Gasteiger partial charge < -0.3 is 10.0 Å². The summed E-state index contributed by atoms with van der Waals surface area (Å²) in [5, 5.41) is 18.8. The number of aliphatic imine (C=N–C) groups is 1. The Morgan fingerprint density at radius 2 is 1.97 bits per heavy atom. The molecule has 1 saturated heterocycles. The van der Waals surface area contributed by atoms with Crippen LogP contribution in [0.2, 0.25) is 0 Å². The molecule has 0 aliphatic carbocycles. The van der Waals surface area contributed by atoms with E-state index >= 15 is 0 Å². The molecule has 194 valence electrons. The highest BCUT2D eigenvalue weighted by Crippen LogP contribution is 2.39. The number of hydrogen-bond acceptors (Lipinski definition) is 7. The zero-order valence-electron chi connectivity index (χ0n) is 21.8. The van der Waals surface area contributed by atoms with E-state index in [0.717, 1.165) is 21.7 Å². The maximum absolute atomic E-state index is 13.8. The zero-order chi connectivity index (χ0) is 26.5. The molecule has 2 aliphatic rings. The van der Waals surface area contributed by atoms with E-state index < -0.39 is 23.5 Å². The number of aryl methyl sites for hydroxylation is 2. The third kappa shape index (κ3) is 4.53. The van der Waals surface area contributed by atoms with Crippen molar-refractivity contribution in [2.75, 3.05) is 6.54 Å². The lowest BCUT2D eigenvalue weighted by atomic mass is 9.78. The van der Waals surface area contributed by atoms with E-state index in [1.807, 2.05) is 57.5 Å². The molecule has 10 heteroatoms. The number of aromatic nitrogens is 4. The van der Waals surface area contributed by atoms with Gasteiger partial charge in [0.25, 0.3) is 5.91 Å². The summed E-state index contributed by atoms with van der Waals surface area (Å²) in [6.07, 6.45) is 1.86. The fourth-order valence-corrected chi connectivity index (χ4v) is 6.34. The molecule has 1 aromatic carbocycles. The topological polar surface area (TPSA) is 114 Å². The van der Waals surface area contributed by atoms with E-state index in [1.54, 1.807) is 34.2 Å². The predicted molar refractivity (Wildman–Crippen MR) is 141 cm³/mol. The number of thiazole rings is 1. The molecule has 0 spiro atoms. The van der Waals surface area contributed by atoms with Gasteiger partial charge >= 0.3 is 0 Å². The molecule has 9 nitrogen and oxygen atoms in total. The number of likely N-dealkylation sites (tertiary alicyclic amines) is 1. The first kappa shape index (κ1) is 25.4. The zero-order valence-corrected chi connectivity index (χ0v) is 22.6. The third-order valence-corrected chi connectivity index (χ3v) is 8.58. The first-order valence-electron chi connectivity index (χ1n) is 12.6. The van der Waals surface area contributed by atoms with E-state index in [-0.39, 0.29) is 24.3 Å². The van der Waals surface area contributed by atoms with Gasteiger partial charge in [0.15, 0.2) is 0 Å². The average molecular weight is 521 g/mol. The van der Waals surface area contributed by atoms with Crippen LogP contribution in [0.1, 0.15) is 56.5 Å². The van der Waals surface area contributed by atoms with Crippen molar-refractivity contribution in [2.24, 2.45) is 18.0 Å². The summed E-state index contributed by atoms with van der Waals surface area (Å²) in [4.78, 5) is 38.7. The molecule has 0 radical (unpaired) electrons. The minimum atomic E-state index is -0.818. The van der Waals surface area contributed by atoms with Crippen LogP contribution < -0.4 is 0 Å². The smallest absolute Gasteiger partial charge is 0.256 e. The van der Waals surface area contributed by atoms with Crippen molar-refractivity contribution in [3.05, 3.63) is 52.9 Å². The fourth-order valence-electron chi connectivity index (χ4n) is 5.53. The van der Waals surface area contributed by atoms with Crippen LogP contribution in [0.25, 0.3) is 10.4 Å². The summed E-state index contributed by atoms with van der Waals surface area (Å²) in [5.74, 6) is -0.841. The number of nitrogens with zero attached hydrogens (tertiary/aromatic N) is 6. The minimum absolute atomic E-state index is 0.0132. The molecule has 1 N–H and O–H groups in total. The molecule has 5 rings (SSSR count). The number of amides is 2. The van der Waals surface area contributed by atoms with Crippen LogP contribution in [0, 0.1) is 12.8 Å². The lowest BCUT2D eigenvalue weighted by Crippen LogP contribution is -2.44. The number of benzene rings is 1. The highest BCUT2D eigenvalue weighted by atomic mass is 32.1. The van der Waals surface area contributed by atoms with Crippen molar-refractivity contribution in [3.8, 4) is 10.4 Å². The molecule has 1 fully saturated rings. The molecule has 2 amide bonds. The van der Waals surface area contributed by atoms with Gasteiger partial charge in [0.1, 0.15) is 0 Å². The van der Waals surface area contributed by atoms with Crippen molar-refractivity contribution in [1.29, 1.82) is 0 Å². The van der Waals surface area contributed by atoms with Crippen LogP contribution in [0.4, 0.5) is 0 Å². The molecule has 4 atom stereocenters. The first-order chi connectivity index (χ1) is 17.6. The molecular formula is C27H32N6O3S. The Morgan fingerprint density at radius 1 is 1.24 bits per heavy atom. The van der Waals surface area contributed by atoms with Gasteiger partial charge in [0, 0.05) is 38.3 Å².